The molecule has 6 heteroatoms. The number of hydrogen-bond acceptors (Lipinski definition) is 4. The Balaban J connectivity index is 2.13. The van der Waals surface area contributed by atoms with Gasteiger partial charge < -0.3 is 14.8 Å². The topological polar surface area (TPSA) is 59.6 Å². The Kier molecular flexibility index (Phi) is 4.35. The second-order valence-corrected chi connectivity index (χ2v) is 6.86. The number of halogens is 1. The summed E-state index contributed by atoms with van der Waals surface area (Å²) in [4.78, 5) is 11.9. The van der Waals surface area contributed by atoms with E-state index in [2.05, 4.69) is 10.6 Å². The fourth-order valence-corrected chi connectivity index (χ4v) is 2.09. The van der Waals surface area contributed by atoms with Crippen LogP contribution in [0.5, 0.6) is 5.75 Å². The Morgan fingerprint density at radius 3 is 2.57 bits per heavy atom. The van der Waals surface area contributed by atoms with Crippen molar-refractivity contribution >= 4 is 23.4 Å². The zero-order valence-electron chi connectivity index (χ0n) is 12.7. The lowest BCUT2D eigenvalue weighted by atomic mass is 10.00. The van der Waals surface area contributed by atoms with Crippen molar-refractivity contribution in [2.75, 3.05) is 18.4 Å². The molecule has 0 aromatic heterocycles. The molecule has 0 atom stereocenters. The predicted molar refractivity (Wildman–Crippen MR) is 83.2 cm³/mol. The summed E-state index contributed by atoms with van der Waals surface area (Å²) in [5, 5.41) is 6.37. The van der Waals surface area contributed by atoms with Gasteiger partial charge in [-0.1, -0.05) is 11.6 Å². The minimum atomic E-state index is -0.562. The maximum atomic E-state index is 11.9. The molecule has 1 fully saturated rings. The Morgan fingerprint density at radius 1 is 1.38 bits per heavy atom. The molecule has 2 N–H and O–H groups in total. The van der Waals surface area contributed by atoms with Crippen LogP contribution in [0.2, 0.25) is 5.02 Å². The van der Waals surface area contributed by atoms with Gasteiger partial charge in [0, 0.05) is 18.1 Å². The van der Waals surface area contributed by atoms with Crippen molar-refractivity contribution < 1.29 is 14.3 Å². The molecule has 0 bridgehead atoms. The lowest BCUT2D eigenvalue weighted by molar-refractivity contribution is 0.0351. The zero-order valence-corrected chi connectivity index (χ0v) is 13.5. The highest BCUT2D eigenvalue weighted by atomic mass is 35.5. The van der Waals surface area contributed by atoms with E-state index in [4.69, 9.17) is 21.1 Å². The second kappa shape index (κ2) is 5.73. The molecule has 1 aromatic rings. The summed E-state index contributed by atoms with van der Waals surface area (Å²) in [5.74, 6) is 0.578. The van der Waals surface area contributed by atoms with Crippen molar-refractivity contribution in [3.8, 4) is 5.75 Å². The van der Waals surface area contributed by atoms with Gasteiger partial charge in [-0.15, -0.1) is 0 Å². The summed E-state index contributed by atoms with van der Waals surface area (Å²) in [6.45, 7) is 8.97. The van der Waals surface area contributed by atoms with Gasteiger partial charge in [0.25, 0.3) is 0 Å². The van der Waals surface area contributed by atoms with Crippen molar-refractivity contribution in [2.45, 2.75) is 38.9 Å². The average molecular weight is 313 g/mol. The van der Waals surface area contributed by atoms with Gasteiger partial charge in [-0.25, -0.2) is 4.79 Å². The van der Waals surface area contributed by atoms with Gasteiger partial charge in [-0.05, 0) is 45.9 Å². The largest absolute Gasteiger partial charge is 0.483 e. The van der Waals surface area contributed by atoms with E-state index in [-0.39, 0.29) is 5.60 Å². The summed E-state index contributed by atoms with van der Waals surface area (Å²) in [5.41, 5.74) is -0.323. The van der Waals surface area contributed by atoms with Crippen molar-refractivity contribution in [3.63, 3.8) is 0 Å². The van der Waals surface area contributed by atoms with Crippen molar-refractivity contribution in [1.29, 1.82) is 0 Å². The van der Waals surface area contributed by atoms with E-state index in [0.717, 1.165) is 13.1 Å². The maximum Gasteiger partial charge on any atom is 0.412 e. The molecule has 0 spiro atoms. The first-order chi connectivity index (χ1) is 9.67. The second-order valence-electron chi connectivity index (χ2n) is 6.42. The highest BCUT2D eigenvalue weighted by Crippen LogP contribution is 2.32. The lowest BCUT2D eigenvalue weighted by Crippen LogP contribution is -2.61. The molecule has 0 radical (unpaired) electrons. The van der Waals surface area contributed by atoms with Crippen LogP contribution in [0.15, 0.2) is 18.2 Å². The number of carbonyl (C=O) groups is 1. The predicted octanol–water partition coefficient (Wildman–Crippen LogP) is 3.43. The molecule has 1 aliphatic heterocycles. The van der Waals surface area contributed by atoms with Crippen LogP contribution in [0.25, 0.3) is 0 Å². The fourth-order valence-electron chi connectivity index (χ4n) is 1.92. The number of ether oxygens (including phenoxy) is 2. The molecule has 116 valence electrons. The van der Waals surface area contributed by atoms with Crippen LogP contribution in [0.4, 0.5) is 10.5 Å². The third-order valence-electron chi connectivity index (χ3n) is 2.93. The third kappa shape index (κ3) is 4.51. The van der Waals surface area contributed by atoms with Crippen molar-refractivity contribution in [2.24, 2.45) is 0 Å². The molecular weight excluding hydrogens is 292 g/mol. The fraction of sp³-hybridized carbons (Fsp3) is 0.533. The van der Waals surface area contributed by atoms with E-state index in [0.29, 0.717) is 16.5 Å². The molecule has 1 amide bonds. The molecule has 1 heterocycles. The van der Waals surface area contributed by atoms with E-state index >= 15 is 0 Å². The number of carbonyl (C=O) groups excluding carboxylic acids is 1. The zero-order chi connectivity index (χ0) is 15.7. The summed E-state index contributed by atoms with van der Waals surface area (Å²) in [6.07, 6.45) is -0.536. The number of anilines is 1. The number of amides is 1. The van der Waals surface area contributed by atoms with Crippen LogP contribution in [0.3, 0.4) is 0 Å². The summed E-state index contributed by atoms with van der Waals surface area (Å²) in [6, 6.07) is 5.13. The highest BCUT2D eigenvalue weighted by molar-refractivity contribution is 6.31. The van der Waals surface area contributed by atoms with E-state index in [1.165, 1.54) is 0 Å². The summed E-state index contributed by atoms with van der Waals surface area (Å²) < 4.78 is 11.2. The van der Waals surface area contributed by atoms with Crippen LogP contribution in [-0.4, -0.2) is 30.4 Å². The normalized spacial score (nSPS) is 16.8. The number of hydrogen-bond donors (Lipinski definition) is 2. The van der Waals surface area contributed by atoms with E-state index < -0.39 is 11.7 Å². The number of rotatable bonds is 3. The van der Waals surface area contributed by atoms with E-state index in [1.807, 2.05) is 27.7 Å². The molecule has 2 rings (SSSR count). The average Bonchev–Trinajstić information content (AvgIpc) is 2.28. The SMILES string of the molecule is CC(C)(C)OC(=O)Nc1cc(Cl)ccc1OC1(C)CNC1. The maximum absolute atomic E-state index is 11.9. The molecule has 1 aromatic carbocycles. The van der Waals surface area contributed by atoms with Gasteiger partial charge in [-0.3, -0.25) is 5.32 Å². The highest BCUT2D eigenvalue weighted by Gasteiger charge is 2.34. The smallest absolute Gasteiger partial charge is 0.412 e. The van der Waals surface area contributed by atoms with Crippen LogP contribution in [-0.2, 0) is 4.74 Å². The molecule has 0 unspecified atom stereocenters. The first-order valence-electron chi connectivity index (χ1n) is 6.86. The minimum absolute atomic E-state index is 0.266. The van der Waals surface area contributed by atoms with Gasteiger partial charge in [0.1, 0.15) is 17.0 Å². The molecule has 1 aliphatic rings. The van der Waals surface area contributed by atoms with Crippen molar-refractivity contribution in [1.82, 2.24) is 5.32 Å². The Labute approximate surface area is 130 Å². The van der Waals surface area contributed by atoms with Crippen LogP contribution in [0, 0.1) is 0 Å². The molecule has 21 heavy (non-hydrogen) atoms. The Bertz CT molecular complexity index is 536. The van der Waals surface area contributed by atoms with Gasteiger partial charge >= 0.3 is 6.09 Å². The molecule has 0 saturated carbocycles. The van der Waals surface area contributed by atoms with Gasteiger partial charge in [0.2, 0.25) is 0 Å². The monoisotopic (exact) mass is 312 g/mol. The molecular formula is C15H21ClN2O3. The van der Waals surface area contributed by atoms with Crippen LogP contribution in [0.1, 0.15) is 27.7 Å². The Morgan fingerprint density at radius 2 is 2.05 bits per heavy atom. The Hall–Kier alpha value is -1.46. The standard InChI is InChI=1S/C15H21ClN2O3/c1-14(2,3)21-13(19)18-11-7-10(16)5-6-12(11)20-15(4)8-17-9-15/h5-7,17H,8-9H2,1-4H3,(H,18,19). The molecule has 5 nitrogen and oxygen atoms in total. The summed E-state index contributed by atoms with van der Waals surface area (Å²) >= 11 is 5.99. The van der Waals surface area contributed by atoms with Crippen molar-refractivity contribution in [3.05, 3.63) is 23.2 Å². The first kappa shape index (κ1) is 15.9. The van der Waals surface area contributed by atoms with Crippen LogP contribution < -0.4 is 15.4 Å². The van der Waals surface area contributed by atoms with Gasteiger partial charge in [0.05, 0.1) is 5.69 Å². The quantitative estimate of drug-likeness (QED) is 0.897. The first-order valence-corrected chi connectivity index (χ1v) is 7.24. The summed E-state index contributed by atoms with van der Waals surface area (Å²) in [7, 11) is 0. The van der Waals surface area contributed by atoms with Crippen LogP contribution >= 0.6 is 11.6 Å². The number of nitrogens with one attached hydrogen (secondary N) is 2. The molecule has 0 aliphatic carbocycles. The lowest BCUT2D eigenvalue weighted by Gasteiger charge is -2.39. The van der Waals surface area contributed by atoms with Gasteiger partial charge in [0.15, 0.2) is 0 Å². The molecule has 1 saturated heterocycles. The minimum Gasteiger partial charge on any atom is -0.483 e. The van der Waals surface area contributed by atoms with E-state index in [1.54, 1.807) is 18.2 Å². The van der Waals surface area contributed by atoms with E-state index in [9.17, 15) is 4.79 Å². The van der Waals surface area contributed by atoms with Gasteiger partial charge in [-0.2, -0.15) is 0 Å². The third-order valence-corrected chi connectivity index (χ3v) is 3.17. The number of benzene rings is 1.